The summed E-state index contributed by atoms with van der Waals surface area (Å²) < 4.78 is 22.4. The van der Waals surface area contributed by atoms with Crippen LogP contribution in [0, 0.1) is 11.7 Å². The number of hydrogen-bond donors (Lipinski definition) is 0. The Bertz CT molecular complexity index is 1160. The lowest BCUT2D eigenvalue weighted by atomic mass is 10.1. The molecular weight excluding hydrogens is 379 g/mol. The summed E-state index contributed by atoms with van der Waals surface area (Å²) in [5, 5.41) is 0. The van der Waals surface area contributed by atoms with Gasteiger partial charge in [-0.1, -0.05) is 19.9 Å². The van der Waals surface area contributed by atoms with E-state index in [4.69, 9.17) is 4.74 Å². The summed E-state index contributed by atoms with van der Waals surface area (Å²) in [6.45, 7) is 5.85. The molecule has 8 nitrogen and oxygen atoms in total. The van der Waals surface area contributed by atoms with Crippen LogP contribution in [0.4, 0.5) is 4.39 Å². The molecule has 0 unspecified atom stereocenters. The van der Waals surface area contributed by atoms with E-state index in [1.165, 1.54) is 33.7 Å². The Kier molecular flexibility index (Phi) is 5.95. The van der Waals surface area contributed by atoms with Crippen LogP contribution in [-0.2, 0) is 22.6 Å². The predicted molar refractivity (Wildman–Crippen MR) is 106 cm³/mol. The molecule has 0 N–H and O–H groups in total. The molecule has 0 saturated carbocycles. The lowest BCUT2D eigenvalue weighted by Crippen LogP contribution is -2.40. The van der Waals surface area contributed by atoms with Crippen molar-refractivity contribution in [3.63, 3.8) is 0 Å². The van der Waals surface area contributed by atoms with E-state index in [-0.39, 0.29) is 42.5 Å². The number of benzene rings is 1. The zero-order valence-corrected chi connectivity index (χ0v) is 16.6. The molecule has 0 radical (unpaired) electrons. The third kappa shape index (κ3) is 4.13. The van der Waals surface area contributed by atoms with E-state index < -0.39 is 23.0 Å². The van der Waals surface area contributed by atoms with E-state index in [0.29, 0.717) is 6.42 Å². The summed E-state index contributed by atoms with van der Waals surface area (Å²) in [7, 11) is 0. The van der Waals surface area contributed by atoms with Crippen LogP contribution >= 0.6 is 0 Å². The summed E-state index contributed by atoms with van der Waals surface area (Å²) in [6.07, 6.45) is 1.92. The minimum atomic E-state index is -0.602. The quantitative estimate of drug-likeness (QED) is 0.565. The van der Waals surface area contributed by atoms with Gasteiger partial charge in [-0.2, -0.15) is 0 Å². The highest BCUT2D eigenvalue weighted by atomic mass is 19.1. The number of esters is 1. The van der Waals surface area contributed by atoms with Gasteiger partial charge < -0.3 is 9.30 Å². The first kappa shape index (κ1) is 20.5. The second-order valence-corrected chi connectivity index (χ2v) is 7.09. The standard InChI is InChI=1S/C20H23FN4O4/c1-4-29-16(26)11-23-12-22-18-17(23)19(27)24(9-8-13(2)3)20(28)25(18)15-7-5-6-14(21)10-15/h5-7,10,12-13H,4,8-9,11H2,1-3H3. The third-order valence-electron chi connectivity index (χ3n) is 4.50. The number of hydrogen-bond acceptors (Lipinski definition) is 5. The Morgan fingerprint density at radius 3 is 2.69 bits per heavy atom. The normalized spacial score (nSPS) is 11.3. The number of fused-ring (bicyclic) bond motifs is 1. The molecule has 9 heteroatoms. The molecular formula is C20H23FN4O4. The number of carbonyl (C=O) groups is 1. The molecule has 0 atom stereocenters. The Labute approximate surface area is 166 Å². The maximum absolute atomic E-state index is 13.8. The van der Waals surface area contributed by atoms with Gasteiger partial charge in [0, 0.05) is 6.54 Å². The van der Waals surface area contributed by atoms with Gasteiger partial charge in [0.25, 0.3) is 5.56 Å². The fourth-order valence-corrected chi connectivity index (χ4v) is 3.08. The van der Waals surface area contributed by atoms with E-state index in [9.17, 15) is 18.8 Å². The van der Waals surface area contributed by atoms with Crippen LogP contribution in [0.5, 0.6) is 0 Å². The molecule has 2 heterocycles. The minimum Gasteiger partial charge on any atom is -0.465 e. The first-order valence-corrected chi connectivity index (χ1v) is 9.45. The van der Waals surface area contributed by atoms with E-state index >= 15 is 0 Å². The average molecular weight is 402 g/mol. The molecule has 0 spiro atoms. The first-order chi connectivity index (χ1) is 13.8. The zero-order chi connectivity index (χ0) is 21.1. The van der Waals surface area contributed by atoms with E-state index in [0.717, 1.165) is 4.57 Å². The fourth-order valence-electron chi connectivity index (χ4n) is 3.08. The third-order valence-corrected chi connectivity index (χ3v) is 4.50. The van der Waals surface area contributed by atoms with Gasteiger partial charge in [0.1, 0.15) is 12.4 Å². The minimum absolute atomic E-state index is 0.0655. The summed E-state index contributed by atoms with van der Waals surface area (Å²) in [5.74, 6) is -0.777. The van der Waals surface area contributed by atoms with Crippen LogP contribution in [0.25, 0.3) is 16.9 Å². The van der Waals surface area contributed by atoms with Crippen molar-refractivity contribution in [3.8, 4) is 5.69 Å². The molecule has 0 fully saturated rings. The van der Waals surface area contributed by atoms with Gasteiger partial charge in [0.05, 0.1) is 18.6 Å². The summed E-state index contributed by atoms with van der Waals surface area (Å²) in [4.78, 5) is 42.3. The molecule has 0 aliphatic carbocycles. The molecule has 1 aromatic carbocycles. The number of ether oxygens (including phenoxy) is 1. The number of halogens is 1. The first-order valence-electron chi connectivity index (χ1n) is 9.45. The molecule has 2 aromatic heterocycles. The lowest BCUT2D eigenvalue weighted by molar-refractivity contribution is -0.143. The Morgan fingerprint density at radius 1 is 1.28 bits per heavy atom. The summed E-state index contributed by atoms with van der Waals surface area (Å²) in [5.41, 5.74) is -0.740. The van der Waals surface area contributed by atoms with Gasteiger partial charge >= 0.3 is 11.7 Å². The second-order valence-electron chi connectivity index (χ2n) is 7.09. The number of carbonyl (C=O) groups excluding carboxylic acids is 1. The summed E-state index contributed by atoms with van der Waals surface area (Å²) in [6, 6.07) is 5.50. The monoisotopic (exact) mass is 402 g/mol. The fraction of sp³-hybridized carbons (Fsp3) is 0.400. The van der Waals surface area contributed by atoms with Gasteiger partial charge in [0.15, 0.2) is 11.2 Å². The molecule has 154 valence electrons. The topological polar surface area (TPSA) is 88.1 Å². The van der Waals surface area contributed by atoms with Crippen LogP contribution in [0.2, 0.25) is 0 Å². The van der Waals surface area contributed by atoms with Crippen molar-refractivity contribution in [2.24, 2.45) is 5.92 Å². The largest absolute Gasteiger partial charge is 0.465 e. The maximum Gasteiger partial charge on any atom is 0.337 e. The van der Waals surface area contributed by atoms with E-state index in [1.54, 1.807) is 13.0 Å². The Balaban J connectivity index is 2.28. The van der Waals surface area contributed by atoms with Crippen molar-refractivity contribution in [3.05, 3.63) is 57.2 Å². The van der Waals surface area contributed by atoms with Crippen LogP contribution < -0.4 is 11.2 Å². The molecule has 0 aliphatic rings. The SMILES string of the molecule is CCOC(=O)Cn1cnc2c1c(=O)n(CCC(C)C)c(=O)n2-c1cccc(F)c1. The van der Waals surface area contributed by atoms with Gasteiger partial charge in [-0.15, -0.1) is 0 Å². The van der Waals surface area contributed by atoms with Crippen molar-refractivity contribution < 1.29 is 13.9 Å². The van der Waals surface area contributed by atoms with Gasteiger partial charge in [-0.05, 0) is 37.5 Å². The second kappa shape index (κ2) is 8.42. The Hall–Kier alpha value is -3.23. The van der Waals surface area contributed by atoms with E-state index in [1.807, 2.05) is 13.8 Å². The van der Waals surface area contributed by atoms with Gasteiger partial charge in [-0.3, -0.25) is 14.2 Å². The van der Waals surface area contributed by atoms with Crippen LogP contribution in [0.1, 0.15) is 27.2 Å². The zero-order valence-electron chi connectivity index (χ0n) is 16.6. The van der Waals surface area contributed by atoms with Crippen molar-refractivity contribution in [2.45, 2.75) is 40.3 Å². The molecule has 0 bridgehead atoms. The lowest BCUT2D eigenvalue weighted by Gasteiger charge is -2.13. The van der Waals surface area contributed by atoms with Crippen molar-refractivity contribution in [1.82, 2.24) is 18.7 Å². The van der Waals surface area contributed by atoms with Crippen LogP contribution in [0.15, 0.2) is 40.2 Å². The highest BCUT2D eigenvalue weighted by molar-refractivity contribution is 5.76. The summed E-state index contributed by atoms with van der Waals surface area (Å²) >= 11 is 0. The number of rotatable bonds is 7. The highest BCUT2D eigenvalue weighted by Gasteiger charge is 2.20. The maximum atomic E-state index is 13.8. The predicted octanol–water partition coefficient (Wildman–Crippen LogP) is 2.10. The van der Waals surface area contributed by atoms with Crippen LogP contribution in [-0.4, -0.2) is 31.3 Å². The van der Waals surface area contributed by atoms with E-state index in [2.05, 4.69) is 4.98 Å². The van der Waals surface area contributed by atoms with Crippen molar-refractivity contribution in [2.75, 3.05) is 6.61 Å². The molecule has 0 aliphatic heterocycles. The molecule has 0 saturated heterocycles. The van der Waals surface area contributed by atoms with Gasteiger partial charge in [0.2, 0.25) is 0 Å². The smallest absolute Gasteiger partial charge is 0.337 e. The van der Waals surface area contributed by atoms with Crippen molar-refractivity contribution in [1.29, 1.82) is 0 Å². The number of imidazole rings is 1. The van der Waals surface area contributed by atoms with Crippen LogP contribution in [0.3, 0.4) is 0 Å². The molecule has 29 heavy (non-hydrogen) atoms. The van der Waals surface area contributed by atoms with Crippen molar-refractivity contribution >= 4 is 17.1 Å². The molecule has 3 aromatic rings. The Morgan fingerprint density at radius 2 is 2.03 bits per heavy atom. The van der Waals surface area contributed by atoms with Gasteiger partial charge in [-0.25, -0.2) is 18.7 Å². The number of aromatic nitrogens is 4. The highest BCUT2D eigenvalue weighted by Crippen LogP contribution is 2.15. The number of nitrogens with zero attached hydrogens (tertiary/aromatic N) is 4. The molecule has 3 rings (SSSR count). The molecule has 0 amide bonds. The average Bonchev–Trinajstić information content (AvgIpc) is 3.05.